The summed E-state index contributed by atoms with van der Waals surface area (Å²) in [6, 6.07) is 4.00. The second-order valence-corrected chi connectivity index (χ2v) is 6.59. The lowest BCUT2D eigenvalue weighted by Gasteiger charge is -2.24. The lowest BCUT2D eigenvalue weighted by atomic mass is 10.1. The van der Waals surface area contributed by atoms with Gasteiger partial charge in [0.05, 0.1) is 17.6 Å². The van der Waals surface area contributed by atoms with Gasteiger partial charge in [0.2, 0.25) is 5.95 Å². The summed E-state index contributed by atoms with van der Waals surface area (Å²) in [6.07, 6.45) is 0.921. The summed E-state index contributed by atoms with van der Waals surface area (Å²) in [5.41, 5.74) is 0.261. The van der Waals surface area contributed by atoms with Crippen molar-refractivity contribution >= 4 is 23.1 Å². The first-order chi connectivity index (χ1) is 13.9. The van der Waals surface area contributed by atoms with E-state index in [-0.39, 0.29) is 17.5 Å². The number of rotatable bonds is 6. The fraction of sp³-hybridized carbons (Fsp3) is 0.444. The van der Waals surface area contributed by atoms with E-state index in [0.29, 0.717) is 30.2 Å². The third-order valence-corrected chi connectivity index (χ3v) is 4.53. The maximum atomic E-state index is 13.0. The highest BCUT2D eigenvalue weighted by Crippen LogP contribution is 2.34. The van der Waals surface area contributed by atoms with Crippen molar-refractivity contribution < 1.29 is 13.2 Å². The van der Waals surface area contributed by atoms with Crippen molar-refractivity contribution in [2.45, 2.75) is 31.5 Å². The number of nitrogens with one attached hydrogen (secondary N) is 4. The maximum Gasteiger partial charge on any atom is 0.421 e. The van der Waals surface area contributed by atoms with E-state index in [2.05, 4.69) is 36.2 Å². The molecule has 0 aliphatic carbocycles. The van der Waals surface area contributed by atoms with E-state index in [4.69, 9.17) is 0 Å². The molecule has 0 spiro atoms. The normalized spacial score (nSPS) is 16.7. The zero-order valence-electron chi connectivity index (χ0n) is 15.8. The molecule has 0 saturated carbocycles. The molecule has 3 rings (SSSR count). The van der Waals surface area contributed by atoms with E-state index in [0.717, 1.165) is 25.8 Å². The summed E-state index contributed by atoms with van der Waals surface area (Å²) in [5, 5.41) is 21.2. The van der Waals surface area contributed by atoms with Crippen LogP contribution in [0.1, 0.15) is 30.5 Å². The molecule has 1 aliphatic rings. The molecule has 11 heteroatoms. The van der Waals surface area contributed by atoms with Crippen molar-refractivity contribution in [3.63, 3.8) is 0 Å². The summed E-state index contributed by atoms with van der Waals surface area (Å²) in [7, 11) is 1.35. The Bertz CT molecular complexity index is 888. The third kappa shape index (κ3) is 5.23. The molecule has 29 heavy (non-hydrogen) atoms. The van der Waals surface area contributed by atoms with Crippen LogP contribution in [0.2, 0.25) is 0 Å². The Labute approximate surface area is 166 Å². The second kappa shape index (κ2) is 8.91. The van der Waals surface area contributed by atoms with E-state index in [1.54, 1.807) is 6.07 Å². The number of piperidine rings is 1. The number of aromatic nitrogens is 3. The minimum absolute atomic E-state index is 0.0197. The van der Waals surface area contributed by atoms with Crippen LogP contribution in [0.4, 0.5) is 36.3 Å². The van der Waals surface area contributed by atoms with Gasteiger partial charge in [0.25, 0.3) is 0 Å². The predicted molar refractivity (Wildman–Crippen MR) is 103 cm³/mol. The van der Waals surface area contributed by atoms with Crippen LogP contribution in [0.3, 0.4) is 0 Å². The van der Waals surface area contributed by atoms with Gasteiger partial charge in [-0.05, 0) is 25.5 Å². The van der Waals surface area contributed by atoms with Crippen LogP contribution in [0.25, 0.3) is 0 Å². The molecule has 154 valence electrons. The summed E-state index contributed by atoms with van der Waals surface area (Å²) < 4.78 is 38.9. The average molecular weight is 406 g/mol. The van der Waals surface area contributed by atoms with Crippen molar-refractivity contribution in [3.8, 4) is 6.07 Å². The van der Waals surface area contributed by atoms with E-state index in [1.165, 1.54) is 13.2 Å². The van der Waals surface area contributed by atoms with Gasteiger partial charge < -0.3 is 21.3 Å². The first kappa shape index (κ1) is 20.6. The summed E-state index contributed by atoms with van der Waals surface area (Å²) in [4.78, 5) is 11.7. The smallest absolute Gasteiger partial charge is 0.381 e. The van der Waals surface area contributed by atoms with E-state index in [9.17, 15) is 18.4 Å². The van der Waals surface area contributed by atoms with E-state index in [1.807, 2.05) is 6.07 Å². The Hall–Kier alpha value is -3.13. The second-order valence-electron chi connectivity index (χ2n) is 6.59. The molecule has 0 amide bonds. The number of pyridine rings is 1. The summed E-state index contributed by atoms with van der Waals surface area (Å²) >= 11 is 0. The number of nitriles is 1. The molecule has 1 unspecified atom stereocenters. The number of alkyl halides is 3. The fourth-order valence-corrected chi connectivity index (χ4v) is 3.06. The molecule has 2 aromatic heterocycles. The molecule has 0 aromatic carbocycles. The van der Waals surface area contributed by atoms with Crippen molar-refractivity contribution in [2.24, 2.45) is 0 Å². The molecule has 3 heterocycles. The SMILES string of the molecule is CNc1nc(Nc2cnc(C#N)c(NCC3CCCCN3)c2)ncc1C(F)(F)F. The monoisotopic (exact) mass is 406 g/mol. The van der Waals surface area contributed by atoms with Gasteiger partial charge >= 0.3 is 6.18 Å². The highest BCUT2D eigenvalue weighted by molar-refractivity contribution is 5.65. The minimum atomic E-state index is -4.56. The number of halogens is 3. The van der Waals surface area contributed by atoms with Crippen LogP contribution < -0.4 is 21.3 Å². The Kier molecular flexibility index (Phi) is 6.33. The quantitative estimate of drug-likeness (QED) is 0.579. The Morgan fingerprint density at radius 3 is 2.76 bits per heavy atom. The Balaban J connectivity index is 1.76. The van der Waals surface area contributed by atoms with Crippen LogP contribution in [-0.4, -0.2) is 41.1 Å². The summed E-state index contributed by atoms with van der Waals surface area (Å²) in [5.74, 6) is -0.355. The first-order valence-corrected chi connectivity index (χ1v) is 9.17. The molecule has 4 N–H and O–H groups in total. The Morgan fingerprint density at radius 1 is 1.28 bits per heavy atom. The van der Waals surface area contributed by atoms with E-state index < -0.39 is 11.7 Å². The van der Waals surface area contributed by atoms with Crippen molar-refractivity contribution in [1.82, 2.24) is 20.3 Å². The number of hydrogen-bond acceptors (Lipinski definition) is 8. The molecule has 0 bridgehead atoms. The third-order valence-electron chi connectivity index (χ3n) is 4.53. The largest absolute Gasteiger partial charge is 0.421 e. The zero-order chi connectivity index (χ0) is 20.9. The number of anilines is 4. The van der Waals surface area contributed by atoms with Crippen molar-refractivity contribution in [2.75, 3.05) is 36.1 Å². The van der Waals surface area contributed by atoms with Crippen molar-refractivity contribution in [1.29, 1.82) is 5.26 Å². The highest BCUT2D eigenvalue weighted by Gasteiger charge is 2.35. The van der Waals surface area contributed by atoms with Crippen molar-refractivity contribution in [3.05, 3.63) is 29.7 Å². The van der Waals surface area contributed by atoms with E-state index >= 15 is 0 Å². The van der Waals surface area contributed by atoms with Crippen LogP contribution in [-0.2, 0) is 6.18 Å². The lowest BCUT2D eigenvalue weighted by Crippen LogP contribution is -2.39. The van der Waals surface area contributed by atoms with Crippen LogP contribution >= 0.6 is 0 Å². The van der Waals surface area contributed by atoms with Gasteiger partial charge in [-0.2, -0.15) is 23.4 Å². The van der Waals surface area contributed by atoms with Crippen LogP contribution in [0.15, 0.2) is 18.5 Å². The zero-order valence-corrected chi connectivity index (χ0v) is 15.8. The van der Waals surface area contributed by atoms with Gasteiger partial charge in [0, 0.05) is 25.8 Å². The van der Waals surface area contributed by atoms with Gasteiger partial charge in [0.15, 0.2) is 5.69 Å². The maximum absolute atomic E-state index is 13.0. The van der Waals surface area contributed by atoms with Gasteiger partial charge in [-0.15, -0.1) is 0 Å². The minimum Gasteiger partial charge on any atom is -0.381 e. The molecular formula is C18H21F3N8. The molecule has 1 atom stereocenters. The first-order valence-electron chi connectivity index (χ1n) is 9.17. The van der Waals surface area contributed by atoms with Gasteiger partial charge in [-0.1, -0.05) is 6.42 Å². The molecule has 1 aliphatic heterocycles. The number of hydrogen-bond donors (Lipinski definition) is 4. The molecule has 1 saturated heterocycles. The van der Waals surface area contributed by atoms with Crippen LogP contribution in [0.5, 0.6) is 0 Å². The molecule has 0 radical (unpaired) electrons. The topological polar surface area (TPSA) is 111 Å². The fourth-order valence-electron chi connectivity index (χ4n) is 3.06. The Morgan fingerprint density at radius 2 is 2.10 bits per heavy atom. The molecule has 1 fully saturated rings. The number of nitrogens with zero attached hydrogens (tertiary/aromatic N) is 4. The van der Waals surface area contributed by atoms with Gasteiger partial charge in [-0.3, -0.25) is 0 Å². The average Bonchev–Trinajstić information content (AvgIpc) is 2.72. The lowest BCUT2D eigenvalue weighted by molar-refractivity contribution is -0.137. The standard InChI is InChI=1S/C18H21F3N8/c1-23-16-13(18(19,20)21)10-27-17(29-16)28-12-6-14(15(7-22)26-9-12)25-8-11-4-2-3-5-24-11/h6,9-11,24-25H,2-5,8H2,1H3,(H2,23,27,28,29). The predicted octanol–water partition coefficient (Wildman–Crippen LogP) is 3.10. The van der Waals surface area contributed by atoms with Gasteiger partial charge in [0.1, 0.15) is 17.5 Å². The van der Waals surface area contributed by atoms with Gasteiger partial charge in [-0.25, -0.2) is 9.97 Å². The molecular weight excluding hydrogens is 385 g/mol. The molecule has 8 nitrogen and oxygen atoms in total. The van der Waals surface area contributed by atoms with Crippen LogP contribution in [0, 0.1) is 11.3 Å². The molecule has 2 aromatic rings. The summed E-state index contributed by atoms with van der Waals surface area (Å²) in [6.45, 7) is 1.61. The highest BCUT2D eigenvalue weighted by atomic mass is 19.4.